The van der Waals surface area contributed by atoms with E-state index in [1.807, 2.05) is 6.08 Å². The summed E-state index contributed by atoms with van der Waals surface area (Å²) in [6.45, 7) is 6.43. The Kier molecular flexibility index (Phi) is 52.4. The molecule has 0 aliphatic carbocycles. The summed E-state index contributed by atoms with van der Waals surface area (Å²) in [5.74, 6) is -1.05. The van der Waals surface area contributed by atoms with Crippen molar-refractivity contribution in [1.29, 1.82) is 0 Å². The van der Waals surface area contributed by atoms with Crippen molar-refractivity contribution < 1.29 is 28.6 Å². The highest BCUT2D eigenvalue weighted by Crippen LogP contribution is 2.16. The number of rotatable bonds is 50. The Hall–Kier alpha value is -3.41. The third kappa shape index (κ3) is 53.4. The van der Waals surface area contributed by atoms with E-state index in [9.17, 15) is 14.4 Å². The van der Waals surface area contributed by atoms with E-state index in [-0.39, 0.29) is 31.6 Å². The Morgan fingerprint density at radius 2 is 0.642 bits per heavy atom. The topological polar surface area (TPSA) is 78.9 Å². The number of carbonyl (C=O) groups is 3. The number of unbranched alkanes of at least 4 members (excludes halogenated alkanes) is 26. The number of hydrogen-bond acceptors (Lipinski definition) is 6. The monoisotopic (exact) mass is 933 g/mol. The number of esters is 3. The average Bonchev–Trinajstić information content (AvgIpc) is 3.33. The van der Waals surface area contributed by atoms with Crippen LogP contribution in [0.4, 0.5) is 0 Å². The van der Waals surface area contributed by atoms with Gasteiger partial charge in [0.2, 0.25) is 0 Å². The number of hydrogen-bond donors (Lipinski definition) is 0. The third-order valence-corrected chi connectivity index (χ3v) is 11.9. The SMILES string of the molecule is CC/C=C\C/C=C\C/C=C\C/C=C\C/C=C\CC(=O)OCC(COC(=O)CCCCCCCCCCCCCCCCCCCC)OC(=O)CCCCCCC/C=C\C/C=C\CCCCCC. The van der Waals surface area contributed by atoms with E-state index in [0.29, 0.717) is 12.8 Å². The van der Waals surface area contributed by atoms with Crippen molar-refractivity contribution in [3.8, 4) is 0 Å². The van der Waals surface area contributed by atoms with Crippen LogP contribution in [0.3, 0.4) is 0 Å². The minimum atomic E-state index is -0.822. The molecule has 0 saturated heterocycles. The largest absolute Gasteiger partial charge is 0.462 e. The van der Waals surface area contributed by atoms with Crippen LogP contribution in [-0.2, 0) is 28.6 Å². The quantitative estimate of drug-likeness (QED) is 0.0262. The van der Waals surface area contributed by atoms with Crippen molar-refractivity contribution in [2.75, 3.05) is 13.2 Å². The normalized spacial score (nSPS) is 12.7. The van der Waals surface area contributed by atoms with Crippen LogP contribution in [0.15, 0.2) is 85.1 Å². The summed E-state index contributed by atoms with van der Waals surface area (Å²) in [6, 6.07) is 0. The van der Waals surface area contributed by atoms with Crippen molar-refractivity contribution in [2.24, 2.45) is 0 Å². The summed E-state index contributed by atoms with van der Waals surface area (Å²) >= 11 is 0. The molecule has 0 aromatic heterocycles. The molecule has 0 amide bonds. The van der Waals surface area contributed by atoms with Gasteiger partial charge in [0.25, 0.3) is 0 Å². The molecule has 0 aliphatic rings. The van der Waals surface area contributed by atoms with Crippen LogP contribution in [0.25, 0.3) is 0 Å². The first-order valence-corrected chi connectivity index (χ1v) is 28.1. The van der Waals surface area contributed by atoms with E-state index in [1.54, 1.807) is 6.08 Å². The summed E-state index contributed by atoms with van der Waals surface area (Å²) in [5.41, 5.74) is 0. The van der Waals surface area contributed by atoms with Gasteiger partial charge in [-0.3, -0.25) is 14.4 Å². The van der Waals surface area contributed by atoms with Crippen LogP contribution >= 0.6 is 0 Å². The summed E-state index contributed by atoms with van der Waals surface area (Å²) in [7, 11) is 0. The molecule has 384 valence electrons. The lowest BCUT2D eigenvalue weighted by atomic mass is 10.0. The van der Waals surface area contributed by atoms with E-state index in [2.05, 4.69) is 93.7 Å². The van der Waals surface area contributed by atoms with E-state index in [4.69, 9.17) is 14.2 Å². The van der Waals surface area contributed by atoms with Gasteiger partial charge in [0, 0.05) is 12.8 Å². The molecular formula is C61H104O6. The van der Waals surface area contributed by atoms with Gasteiger partial charge in [-0.15, -0.1) is 0 Å². The first kappa shape index (κ1) is 63.6. The Morgan fingerprint density at radius 1 is 0.328 bits per heavy atom. The van der Waals surface area contributed by atoms with Gasteiger partial charge in [-0.25, -0.2) is 0 Å². The molecule has 0 aromatic carbocycles. The number of carbonyl (C=O) groups excluding carboxylic acids is 3. The summed E-state index contributed by atoms with van der Waals surface area (Å²) < 4.78 is 16.7. The van der Waals surface area contributed by atoms with Gasteiger partial charge in [0.05, 0.1) is 6.42 Å². The third-order valence-electron chi connectivity index (χ3n) is 11.9. The summed E-state index contributed by atoms with van der Waals surface area (Å²) in [4.78, 5) is 38.0. The van der Waals surface area contributed by atoms with Crippen LogP contribution in [0.5, 0.6) is 0 Å². The molecular weight excluding hydrogens is 829 g/mol. The first-order chi connectivity index (χ1) is 33.0. The zero-order valence-electron chi connectivity index (χ0n) is 43.9. The highest BCUT2D eigenvalue weighted by atomic mass is 16.6. The zero-order valence-corrected chi connectivity index (χ0v) is 43.9. The molecule has 6 nitrogen and oxygen atoms in total. The number of ether oxygens (including phenoxy) is 3. The lowest BCUT2D eigenvalue weighted by Crippen LogP contribution is -2.30. The van der Waals surface area contributed by atoms with Gasteiger partial charge in [-0.05, 0) is 77.0 Å². The maximum Gasteiger partial charge on any atom is 0.309 e. The molecule has 67 heavy (non-hydrogen) atoms. The van der Waals surface area contributed by atoms with Gasteiger partial charge in [0.15, 0.2) is 6.10 Å². The molecule has 0 fully saturated rings. The molecule has 0 aliphatic heterocycles. The summed E-state index contributed by atoms with van der Waals surface area (Å²) in [5, 5.41) is 0. The first-order valence-electron chi connectivity index (χ1n) is 28.1. The van der Waals surface area contributed by atoms with Gasteiger partial charge < -0.3 is 14.2 Å². The number of allylic oxidation sites excluding steroid dienone is 13. The molecule has 0 heterocycles. The van der Waals surface area contributed by atoms with Crippen molar-refractivity contribution >= 4 is 17.9 Å². The van der Waals surface area contributed by atoms with Gasteiger partial charge in [-0.2, -0.15) is 0 Å². The van der Waals surface area contributed by atoms with Crippen molar-refractivity contribution in [3.05, 3.63) is 85.1 Å². The van der Waals surface area contributed by atoms with E-state index in [1.165, 1.54) is 128 Å². The van der Waals surface area contributed by atoms with E-state index in [0.717, 1.165) is 96.3 Å². The highest BCUT2D eigenvalue weighted by Gasteiger charge is 2.19. The average molecular weight is 933 g/mol. The molecule has 0 saturated carbocycles. The fourth-order valence-corrected chi connectivity index (χ4v) is 7.72. The lowest BCUT2D eigenvalue weighted by molar-refractivity contribution is -0.166. The van der Waals surface area contributed by atoms with E-state index < -0.39 is 12.1 Å². The second-order valence-corrected chi connectivity index (χ2v) is 18.5. The fraction of sp³-hybridized carbons (Fsp3) is 0.721. The van der Waals surface area contributed by atoms with Crippen LogP contribution in [0.2, 0.25) is 0 Å². The van der Waals surface area contributed by atoms with Crippen LogP contribution in [-0.4, -0.2) is 37.2 Å². The minimum Gasteiger partial charge on any atom is -0.462 e. The summed E-state index contributed by atoms with van der Waals surface area (Å²) in [6.07, 6.45) is 71.7. The van der Waals surface area contributed by atoms with Crippen molar-refractivity contribution in [2.45, 2.75) is 271 Å². The van der Waals surface area contributed by atoms with Crippen LogP contribution < -0.4 is 0 Å². The Labute approximate surface area is 414 Å². The van der Waals surface area contributed by atoms with Crippen molar-refractivity contribution in [1.82, 2.24) is 0 Å². The second-order valence-electron chi connectivity index (χ2n) is 18.5. The minimum absolute atomic E-state index is 0.110. The fourth-order valence-electron chi connectivity index (χ4n) is 7.72. The van der Waals surface area contributed by atoms with Gasteiger partial charge in [0.1, 0.15) is 13.2 Å². The highest BCUT2D eigenvalue weighted by molar-refractivity contribution is 5.72. The molecule has 0 bridgehead atoms. The van der Waals surface area contributed by atoms with Crippen LogP contribution in [0, 0.1) is 0 Å². The molecule has 0 aromatic rings. The molecule has 0 N–H and O–H groups in total. The van der Waals surface area contributed by atoms with E-state index >= 15 is 0 Å². The predicted molar refractivity (Wildman–Crippen MR) is 288 cm³/mol. The molecule has 0 rings (SSSR count). The zero-order chi connectivity index (χ0) is 48.6. The Balaban J connectivity index is 4.48. The smallest absolute Gasteiger partial charge is 0.309 e. The van der Waals surface area contributed by atoms with Gasteiger partial charge >= 0.3 is 17.9 Å². The molecule has 0 radical (unpaired) electrons. The molecule has 0 spiro atoms. The Bertz CT molecular complexity index is 1300. The molecule has 1 unspecified atom stereocenters. The van der Waals surface area contributed by atoms with Crippen molar-refractivity contribution in [3.63, 3.8) is 0 Å². The maximum atomic E-state index is 12.8. The maximum absolute atomic E-state index is 12.8. The van der Waals surface area contributed by atoms with Gasteiger partial charge in [-0.1, -0.05) is 254 Å². The molecule has 6 heteroatoms. The van der Waals surface area contributed by atoms with Crippen LogP contribution in [0.1, 0.15) is 265 Å². The Morgan fingerprint density at radius 3 is 1.06 bits per heavy atom. The lowest BCUT2D eigenvalue weighted by Gasteiger charge is -2.18. The molecule has 1 atom stereocenters. The predicted octanol–water partition coefficient (Wildman–Crippen LogP) is 18.8. The second kappa shape index (κ2) is 55.2. The standard InChI is InChI=1S/C61H104O6/c1-4-7-10-13-16-19-22-25-28-30-31-34-36-39-42-45-48-51-54-60(63)66-57-58(56-65-59(62)53-50-47-44-41-38-35-32-27-24-21-18-15-12-9-6-3)67-61(64)55-52-49-46-43-40-37-33-29-26-23-20-17-14-11-8-5-2/h9,12,18,20-21,23,27,29,32-33,38,41,47,50,58H,4-8,10-11,13-17,19,22,24-26,28,30-31,34-37,39-40,42-46,48-49,51-57H2,1-3H3/b12-9-,21-18-,23-20-,32-27-,33-29-,41-38-,50-47-.